The van der Waals surface area contributed by atoms with E-state index in [1.165, 1.54) is 14.2 Å². The summed E-state index contributed by atoms with van der Waals surface area (Å²) in [4.78, 5) is 21.3. The molecule has 0 unspecified atom stereocenters. The van der Waals surface area contributed by atoms with Crippen LogP contribution in [0.3, 0.4) is 0 Å². The second-order valence-corrected chi connectivity index (χ2v) is 5.11. The third-order valence-electron chi connectivity index (χ3n) is 1.69. The molecule has 0 aliphatic rings. The highest BCUT2D eigenvalue weighted by molar-refractivity contribution is 7.91. The van der Waals surface area contributed by atoms with E-state index in [2.05, 4.69) is 9.47 Å². The van der Waals surface area contributed by atoms with Gasteiger partial charge in [0.2, 0.25) is 0 Å². The molecule has 88 valence electrons. The summed E-state index contributed by atoms with van der Waals surface area (Å²) < 4.78 is 31.1. The van der Waals surface area contributed by atoms with E-state index in [4.69, 9.17) is 0 Å². The first-order valence-corrected chi connectivity index (χ1v) is 6.07. The summed E-state index contributed by atoms with van der Waals surface area (Å²) in [6.45, 7) is 0. The summed E-state index contributed by atoms with van der Waals surface area (Å²) in [7, 11) is -1.03. The number of carbonyl (C=O) groups excluding carboxylic acids is 2. The van der Waals surface area contributed by atoms with Crippen molar-refractivity contribution >= 4 is 21.8 Å². The van der Waals surface area contributed by atoms with Gasteiger partial charge in [0.25, 0.3) is 0 Å². The van der Waals surface area contributed by atoms with E-state index in [1.807, 2.05) is 0 Å². The third-order valence-corrected chi connectivity index (χ3v) is 3.34. The van der Waals surface area contributed by atoms with Crippen molar-refractivity contribution in [2.75, 3.05) is 25.7 Å². The predicted molar refractivity (Wildman–Crippen MR) is 51.9 cm³/mol. The standard InChI is InChI=1S/C8H14O6S/c1-13-7(9)3-5-15(11,12)6-4-8(10)14-2/h3-6H2,1-2H3. The lowest BCUT2D eigenvalue weighted by molar-refractivity contribution is -0.140. The molecule has 0 saturated carbocycles. The lowest BCUT2D eigenvalue weighted by Gasteiger charge is -2.02. The van der Waals surface area contributed by atoms with Crippen molar-refractivity contribution in [3.05, 3.63) is 0 Å². The van der Waals surface area contributed by atoms with Crippen LogP contribution in [-0.4, -0.2) is 46.1 Å². The molecule has 0 aromatic rings. The van der Waals surface area contributed by atoms with Gasteiger partial charge in [0.05, 0.1) is 38.6 Å². The van der Waals surface area contributed by atoms with Gasteiger partial charge in [0.15, 0.2) is 9.84 Å². The molecule has 0 spiro atoms. The maximum absolute atomic E-state index is 11.3. The molecule has 0 heterocycles. The van der Waals surface area contributed by atoms with Crippen LogP contribution in [0.25, 0.3) is 0 Å². The molecule has 7 heteroatoms. The Labute approximate surface area is 88.5 Å². The maximum Gasteiger partial charge on any atom is 0.306 e. The van der Waals surface area contributed by atoms with Crippen molar-refractivity contribution in [3.8, 4) is 0 Å². The van der Waals surface area contributed by atoms with Crippen LogP contribution in [0.15, 0.2) is 0 Å². The lowest BCUT2D eigenvalue weighted by Crippen LogP contribution is -2.17. The Hall–Kier alpha value is -1.11. The normalized spacial score (nSPS) is 10.8. The molecule has 0 aliphatic carbocycles. The first kappa shape index (κ1) is 13.9. The molecule has 0 saturated heterocycles. The number of rotatable bonds is 6. The van der Waals surface area contributed by atoms with Crippen LogP contribution < -0.4 is 0 Å². The number of carbonyl (C=O) groups is 2. The number of ether oxygens (including phenoxy) is 2. The van der Waals surface area contributed by atoms with E-state index < -0.39 is 21.8 Å². The number of esters is 2. The van der Waals surface area contributed by atoms with Gasteiger partial charge in [-0.25, -0.2) is 8.42 Å². The summed E-state index contributed by atoms with van der Waals surface area (Å²) in [5, 5.41) is 0. The summed E-state index contributed by atoms with van der Waals surface area (Å²) in [5.74, 6) is -1.79. The largest absolute Gasteiger partial charge is 0.469 e. The van der Waals surface area contributed by atoms with Gasteiger partial charge < -0.3 is 9.47 Å². The van der Waals surface area contributed by atoms with Crippen LogP contribution in [-0.2, 0) is 28.9 Å². The van der Waals surface area contributed by atoms with Gasteiger partial charge in [0.1, 0.15) is 0 Å². The van der Waals surface area contributed by atoms with E-state index in [-0.39, 0.29) is 24.3 Å². The smallest absolute Gasteiger partial charge is 0.306 e. The monoisotopic (exact) mass is 238 g/mol. The fourth-order valence-electron chi connectivity index (χ4n) is 0.784. The van der Waals surface area contributed by atoms with Crippen LogP contribution in [0.1, 0.15) is 12.8 Å². The average molecular weight is 238 g/mol. The Morgan fingerprint density at radius 1 is 0.933 bits per heavy atom. The molecule has 0 radical (unpaired) electrons. The SMILES string of the molecule is COC(=O)CCS(=O)(=O)CCC(=O)OC. The zero-order valence-corrected chi connectivity index (χ0v) is 9.50. The molecule has 0 amide bonds. The van der Waals surface area contributed by atoms with E-state index in [0.717, 1.165) is 0 Å². The molecule has 0 aromatic heterocycles. The Bertz CT molecular complexity index is 292. The van der Waals surface area contributed by atoms with Crippen LogP contribution in [0.5, 0.6) is 0 Å². The molecule has 6 nitrogen and oxygen atoms in total. The Morgan fingerprint density at radius 2 is 1.27 bits per heavy atom. The highest BCUT2D eigenvalue weighted by Gasteiger charge is 2.15. The van der Waals surface area contributed by atoms with Crippen LogP contribution in [0.2, 0.25) is 0 Å². The minimum absolute atomic E-state index is 0.194. The van der Waals surface area contributed by atoms with Gasteiger partial charge in [0, 0.05) is 0 Å². The minimum atomic E-state index is -3.39. The number of hydrogen-bond acceptors (Lipinski definition) is 6. The molecule has 0 aromatic carbocycles. The molecule has 0 rings (SSSR count). The Kier molecular flexibility index (Phi) is 5.92. The Balaban J connectivity index is 3.98. The molecule has 0 N–H and O–H groups in total. The van der Waals surface area contributed by atoms with Crippen molar-refractivity contribution in [2.24, 2.45) is 0 Å². The van der Waals surface area contributed by atoms with E-state index in [0.29, 0.717) is 0 Å². The summed E-state index contributed by atoms with van der Waals surface area (Å²) in [5.41, 5.74) is 0. The average Bonchev–Trinajstić information content (AvgIpc) is 2.22. The van der Waals surface area contributed by atoms with Gasteiger partial charge in [-0.3, -0.25) is 9.59 Å². The molecule has 0 atom stereocenters. The number of methoxy groups -OCH3 is 2. The molecule has 0 aliphatic heterocycles. The summed E-state index contributed by atoms with van der Waals surface area (Å²) >= 11 is 0. The highest BCUT2D eigenvalue weighted by atomic mass is 32.2. The fraction of sp³-hybridized carbons (Fsp3) is 0.750. The summed E-state index contributed by atoms with van der Waals surface area (Å²) in [6.07, 6.45) is -0.389. The van der Waals surface area contributed by atoms with Gasteiger partial charge >= 0.3 is 11.9 Å². The van der Waals surface area contributed by atoms with Crippen LogP contribution >= 0.6 is 0 Å². The zero-order valence-electron chi connectivity index (χ0n) is 8.69. The van der Waals surface area contributed by atoms with Gasteiger partial charge in [-0.2, -0.15) is 0 Å². The maximum atomic E-state index is 11.3. The Morgan fingerprint density at radius 3 is 1.53 bits per heavy atom. The quantitative estimate of drug-likeness (QED) is 0.581. The van der Waals surface area contributed by atoms with Crippen LogP contribution in [0, 0.1) is 0 Å². The van der Waals surface area contributed by atoms with Crippen molar-refractivity contribution in [3.63, 3.8) is 0 Å². The van der Waals surface area contributed by atoms with Crippen molar-refractivity contribution < 1.29 is 27.5 Å². The first-order valence-electron chi connectivity index (χ1n) is 4.25. The lowest BCUT2D eigenvalue weighted by atomic mass is 10.5. The number of sulfone groups is 1. The second-order valence-electron chi connectivity index (χ2n) is 2.80. The summed E-state index contributed by atoms with van der Waals surface area (Å²) in [6, 6.07) is 0. The zero-order chi connectivity index (χ0) is 11.9. The van der Waals surface area contributed by atoms with E-state index >= 15 is 0 Å². The molecule has 0 bridgehead atoms. The van der Waals surface area contributed by atoms with Gasteiger partial charge in [-0.15, -0.1) is 0 Å². The van der Waals surface area contributed by atoms with Crippen molar-refractivity contribution in [1.29, 1.82) is 0 Å². The second kappa shape index (κ2) is 6.39. The highest BCUT2D eigenvalue weighted by Crippen LogP contribution is 1.99. The van der Waals surface area contributed by atoms with Crippen molar-refractivity contribution in [1.82, 2.24) is 0 Å². The van der Waals surface area contributed by atoms with Gasteiger partial charge in [-0.05, 0) is 0 Å². The predicted octanol–water partition coefficient (Wildman–Crippen LogP) is -0.473. The minimum Gasteiger partial charge on any atom is -0.469 e. The van der Waals surface area contributed by atoms with E-state index in [9.17, 15) is 18.0 Å². The molecular formula is C8H14O6S. The number of hydrogen-bond donors (Lipinski definition) is 0. The first-order chi connectivity index (χ1) is 6.91. The third kappa shape index (κ3) is 6.89. The van der Waals surface area contributed by atoms with Crippen molar-refractivity contribution in [2.45, 2.75) is 12.8 Å². The van der Waals surface area contributed by atoms with E-state index in [1.54, 1.807) is 0 Å². The molecule has 15 heavy (non-hydrogen) atoms. The molecule has 0 fully saturated rings. The topological polar surface area (TPSA) is 86.7 Å². The molecular weight excluding hydrogens is 224 g/mol. The van der Waals surface area contributed by atoms with Crippen LogP contribution in [0.4, 0.5) is 0 Å². The fourth-order valence-corrected chi connectivity index (χ4v) is 1.94. The van der Waals surface area contributed by atoms with Gasteiger partial charge in [-0.1, -0.05) is 0 Å².